The van der Waals surface area contributed by atoms with Crippen LogP contribution in [0.25, 0.3) is 0 Å². The molecule has 2 heterocycles. The van der Waals surface area contributed by atoms with Gasteiger partial charge in [-0.1, -0.05) is 6.92 Å². The fourth-order valence-electron chi connectivity index (χ4n) is 2.27. The summed E-state index contributed by atoms with van der Waals surface area (Å²) < 4.78 is 1.28. The normalized spacial score (nSPS) is 18.3. The molecule has 0 spiro atoms. The van der Waals surface area contributed by atoms with Gasteiger partial charge in [-0.25, -0.2) is 9.48 Å². The maximum Gasteiger partial charge on any atom is 0.328 e. The lowest BCUT2D eigenvalue weighted by atomic mass is 9.99. The SMILES string of the molecule is CC1CCN(C(=O)c2ccnn2C(C)C(=O)O)CC1. The Balaban J connectivity index is 2.16. The first kappa shape index (κ1) is 13.6. The Labute approximate surface area is 112 Å². The molecule has 1 aromatic heterocycles. The molecule has 104 valence electrons. The predicted octanol–water partition coefficient (Wildman–Crippen LogP) is 1.40. The van der Waals surface area contributed by atoms with Gasteiger partial charge < -0.3 is 10.0 Å². The molecular weight excluding hydrogens is 246 g/mol. The van der Waals surface area contributed by atoms with E-state index in [0.717, 1.165) is 25.9 Å². The number of aromatic nitrogens is 2. The van der Waals surface area contributed by atoms with E-state index >= 15 is 0 Å². The molecule has 0 aliphatic carbocycles. The standard InChI is InChI=1S/C13H19N3O3/c1-9-4-7-15(8-5-9)12(17)11-3-6-14-16(11)10(2)13(18)19/h3,6,9-10H,4-5,7-8H2,1-2H3,(H,18,19). The van der Waals surface area contributed by atoms with Gasteiger partial charge in [0.1, 0.15) is 11.7 Å². The predicted molar refractivity (Wildman–Crippen MR) is 68.9 cm³/mol. The number of hydrogen-bond acceptors (Lipinski definition) is 3. The Hall–Kier alpha value is -1.85. The molecule has 1 aromatic rings. The third-order valence-corrected chi connectivity index (χ3v) is 3.68. The zero-order chi connectivity index (χ0) is 14.0. The molecule has 1 aliphatic heterocycles. The van der Waals surface area contributed by atoms with Gasteiger partial charge in [-0.2, -0.15) is 5.10 Å². The Morgan fingerprint density at radius 3 is 2.63 bits per heavy atom. The van der Waals surface area contributed by atoms with E-state index in [1.54, 1.807) is 11.0 Å². The molecule has 1 aliphatic rings. The number of carbonyl (C=O) groups excluding carboxylic acids is 1. The van der Waals surface area contributed by atoms with Crippen LogP contribution in [-0.2, 0) is 4.79 Å². The summed E-state index contributed by atoms with van der Waals surface area (Å²) in [6, 6.07) is 0.748. The van der Waals surface area contributed by atoms with Crippen LogP contribution in [0.4, 0.5) is 0 Å². The Morgan fingerprint density at radius 2 is 2.05 bits per heavy atom. The van der Waals surface area contributed by atoms with Crippen LogP contribution in [0.2, 0.25) is 0 Å². The number of likely N-dealkylation sites (tertiary alicyclic amines) is 1. The molecule has 0 aromatic carbocycles. The number of rotatable bonds is 3. The summed E-state index contributed by atoms with van der Waals surface area (Å²) in [5.74, 6) is -0.477. The van der Waals surface area contributed by atoms with Crippen molar-refractivity contribution in [2.45, 2.75) is 32.7 Å². The maximum absolute atomic E-state index is 12.4. The van der Waals surface area contributed by atoms with Gasteiger partial charge in [0.15, 0.2) is 0 Å². The lowest BCUT2D eigenvalue weighted by Crippen LogP contribution is -2.39. The largest absolute Gasteiger partial charge is 0.480 e. The molecule has 2 rings (SSSR count). The minimum Gasteiger partial charge on any atom is -0.480 e. The molecule has 0 radical (unpaired) electrons. The second kappa shape index (κ2) is 5.42. The third kappa shape index (κ3) is 2.77. The number of carboxylic acids is 1. The van der Waals surface area contributed by atoms with Crippen LogP contribution in [0.3, 0.4) is 0 Å². The number of carboxylic acid groups (broad SMARTS) is 1. The van der Waals surface area contributed by atoms with Gasteiger partial charge >= 0.3 is 5.97 Å². The summed E-state index contributed by atoms with van der Waals surface area (Å²) in [7, 11) is 0. The fourth-order valence-corrected chi connectivity index (χ4v) is 2.27. The van der Waals surface area contributed by atoms with Crippen molar-refractivity contribution in [3.63, 3.8) is 0 Å². The van der Waals surface area contributed by atoms with E-state index in [1.807, 2.05) is 0 Å². The van der Waals surface area contributed by atoms with Crippen LogP contribution >= 0.6 is 0 Å². The first-order chi connectivity index (χ1) is 9.00. The lowest BCUT2D eigenvalue weighted by Gasteiger charge is -2.30. The van der Waals surface area contributed by atoms with Gasteiger partial charge in [0.2, 0.25) is 0 Å². The zero-order valence-electron chi connectivity index (χ0n) is 11.2. The number of nitrogens with zero attached hydrogens (tertiary/aromatic N) is 3. The summed E-state index contributed by atoms with van der Waals surface area (Å²) in [4.78, 5) is 25.2. The molecule has 1 atom stereocenters. The van der Waals surface area contributed by atoms with Crippen LogP contribution in [0, 0.1) is 5.92 Å². The molecule has 1 fully saturated rings. The number of piperidine rings is 1. The van der Waals surface area contributed by atoms with E-state index < -0.39 is 12.0 Å². The van der Waals surface area contributed by atoms with E-state index in [4.69, 9.17) is 5.11 Å². The highest BCUT2D eigenvalue weighted by Crippen LogP contribution is 2.19. The molecule has 6 nitrogen and oxygen atoms in total. The lowest BCUT2D eigenvalue weighted by molar-refractivity contribution is -0.140. The first-order valence-electron chi connectivity index (χ1n) is 6.56. The van der Waals surface area contributed by atoms with Crippen molar-refractivity contribution in [2.75, 3.05) is 13.1 Å². The van der Waals surface area contributed by atoms with Crippen LogP contribution in [0.1, 0.15) is 43.2 Å². The second-order valence-electron chi connectivity index (χ2n) is 5.15. The molecule has 1 saturated heterocycles. The quantitative estimate of drug-likeness (QED) is 0.896. The van der Waals surface area contributed by atoms with Crippen molar-refractivity contribution in [3.8, 4) is 0 Å². The van der Waals surface area contributed by atoms with Crippen molar-refractivity contribution < 1.29 is 14.7 Å². The Bertz CT molecular complexity index is 475. The van der Waals surface area contributed by atoms with Gasteiger partial charge in [0, 0.05) is 19.3 Å². The van der Waals surface area contributed by atoms with E-state index in [9.17, 15) is 9.59 Å². The summed E-state index contributed by atoms with van der Waals surface area (Å²) in [5.41, 5.74) is 0.351. The van der Waals surface area contributed by atoms with Crippen LogP contribution in [-0.4, -0.2) is 44.8 Å². The molecule has 0 saturated carbocycles. The molecule has 6 heteroatoms. The van der Waals surface area contributed by atoms with Gasteiger partial charge in [0.05, 0.1) is 0 Å². The fraction of sp³-hybridized carbons (Fsp3) is 0.615. The van der Waals surface area contributed by atoms with Crippen LogP contribution < -0.4 is 0 Å². The molecule has 19 heavy (non-hydrogen) atoms. The average molecular weight is 265 g/mol. The highest BCUT2D eigenvalue weighted by Gasteiger charge is 2.26. The van der Waals surface area contributed by atoms with E-state index in [-0.39, 0.29) is 5.91 Å². The Kier molecular flexibility index (Phi) is 3.87. The molecule has 1 N–H and O–H groups in total. The summed E-state index contributed by atoms with van der Waals surface area (Å²) >= 11 is 0. The van der Waals surface area contributed by atoms with Crippen molar-refractivity contribution in [2.24, 2.45) is 5.92 Å². The van der Waals surface area contributed by atoms with Gasteiger partial charge in [-0.15, -0.1) is 0 Å². The second-order valence-corrected chi connectivity index (χ2v) is 5.15. The van der Waals surface area contributed by atoms with Gasteiger partial charge in [-0.3, -0.25) is 4.79 Å². The average Bonchev–Trinajstić information content (AvgIpc) is 2.86. The van der Waals surface area contributed by atoms with E-state index in [1.165, 1.54) is 17.8 Å². The van der Waals surface area contributed by atoms with Crippen LogP contribution in [0.5, 0.6) is 0 Å². The molecule has 1 unspecified atom stereocenters. The highest BCUT2D eigenvalue weighted by atomic mass is 16.4. The summed E-state index contributed by atoms with van der Waals surface area (Å²) in [6.45, 7) is 5.15. The minimum atomic E-state index is -0.995. The van der Waals surface area contributed by atoms with E-state index in [0.29, 0.717) is 11.6 Å². The molecule has 0 bridgehead atoms. The monoisotopic (exact) mass is 265 g/mol. The number of amides is 1. The minimum absolute atomic E-state index is 0.127. The number of aliphatic carboxylic acids is 1. The molecule has 1 amide bonds. The van der Waals surface area contributed by atoms with Crippen LogP contribution in [0.15, 0.2) is 12.3 Å². The number of hydrogen-bond donors (Lipinski definition) is 1. The van der Waals surface area contributed by atoms with Crippen molar-refractivity contribution in [3.05, 3.63) is 18.0 Å². The topological polar surface area (TPSA) is 75.4 Å². The summed E-state index contributed by atoms with van der Waals surface area (Å²) in [6.07, 6.45) is 3.46. The Morgan fingerprint density at radius 1 is 1.42 bits per heavy atom. The van der Waals surface area contributed by atoms with Crippen molar-refractivity contribution in [1.29, 1.82) is 0 Å². The number of carbonyl (C=O) groups is 2. The first-order valence-corrected chi connectivity index (χ1v) is 6.56. The van der Waals surface area contributed by atoms with Crippen molar-refractivity contribution in [1.82, 2.24) is 14.7 Å². The molecular formula is C13H19N3O3. The summed E-state index contributed by atoms with van der Waals surface area (Å²) in [5, 5.41) is 13.0. The third-order valence-electron chi connectivity index (χ3n) is 3.68. The van der Waals surface area contributed by atoms with Gasteiger partial charge in [-0.05, 0) is 31.7 Å². The van der Waals surface area contributed by atoms with E-state index in [2.05, 4.69) is 12.0 Å². The maximum atomic E-state index is 12.4. The highest BCUT2D eigenvalue weighted by molar-refractivity contribution is 5.93. The smallest absolute Gasteiger partial charge is 0.328 e. The van der Waals surface area contributed by atoms with Gasteiger partial charge in [0.25, 0.3) is 5.91 Å². The zero-order valence-corrected chi connectivity index (χ0v) is 11.2. The van der Waals surface area contributed by atoms with Crippen molar-refractivity contribution >= 4 is 11.9 Å².